The van der Waals surface area contributed by atoms with Crippen molar-refractivity contribution in [2.75, 3.05) is 37.3 Å². The summed E-state index contributed by atoms with van der Waals surface area (Å²) in [5, 5.41) is 6.69. The Kier molecular flexibility index (Phi) is 7.42. The Morgan fingerprint density at radius 2 is 2.07 bits per heavy atom. The lowest BCUT2D eigenvalue weighted by molar-refractivity contribution is 0.468. The predicted molar refractivity (Wildman–Crippen MR) is 114 cm³/mol. The minimum absolute atomic E-state index is 0.212. The van der Waals surface area contributed by atoms with E-state index in [2.05, 4.69) is 20.5 Å². The molecule has 0 bridgehead atoms. The lowest BCUT2D eigenvalue weighted by Crippen LogP contribution is -2.51. The molecule has 2 aromatic carbocycles. The van der Waals surface area contributed by atoms with Gasteiger partial charge in [0.1, 0.15) is 5.82 Å². The molecule has 2 N–H and O–H groups in total. The molecule has 2 atom stereocenters. The van der Waals surface area contributed by atoms with Crippen LogP contribution in [0, 0.1) is 5.82 Å². The summed E-state index contributed by atoms with van der Waals surface area (Å²) >= 11 is 0. The Bertz CT molecular complexity index is 815. The Balaban J connectivity index is 1.48. The van der Waals surface area contributed by atoms with Crippen LogP contribution in [-0.4, -0.2) is 48.6 Å². The lowest BCUT2D eigenvalue weighted by Gasteiger charge is -2.35. The van der Waals surface area contributed by atoms with Crippen molar-refractivity contribution in [3.8, 4) is 0 Å². The van der Waals surface area contributed by atoms with E-state index < -0.39 is 10.8 Å². The average molecular weight is 403 g/mol. The minimum Gasteiger partial charge on any atom is -0.369 e. The second kappa shape index (κ2) is 10.2. The number of hydrogen-bond donors (Lipinski definition) is 2. The van der Waals surface area contributed by atoms with Crippen molar-refractivity contribution < 1.29 is 8.60 Å². The molecule has 1 aliphatic rings. The van der Waals surface area contributed by atoms with Crippen molar-refractivity contribution in [3.05, 3.63) is 60.4 Å². The summed E-state index contributed by atoms with van der Waals surface area (Å²) in [4.78, 5) is 7.32. The van der Waals surface area contributed by atoms with Crippen LogP contribution in [0.5, 0.6) is 0 Å². The van der Waals surface area contributed by atoms with Crippen molar-refractivity contribution in [1.29, 1.82) is 0 Å². The quantitative estimate of drug-likeness (QED) is 0.576. The first-order chi connectivity index (χ1) is 13.7. The number of nitrogens with zero attached hydrogens (tertiary/aromatic N) is 2. The number of guanidine groups is 1. The van der Waals surface area contributed by atoms with Crippen LogP contribution in [0.2, 0.25) is 0 Å². The SMILES string of the molecule is CN=C(NCCS(=O)c1ccccc1)NC1CCCN(c2cccc(F)c2)C1. The largest absolute Gasteiger partial charge is 0.369 e. The Morgan fingerprint density at radius 3 is 2.82 bits per heavy atom. The highest BCUT2D eigenvalue weighted by atomic mass is 32.2. The topological polar surface area (TPSA) is 56.7 Å². The van der Waals surface area contributed by atoms with Gasteiger partial charge in [0.2, 0.25) is 0 Å². The molecule has 1 fully saturated rings. The molecule has 0 spiro atoms. The molecular formula is C21H27FN4OS. The third-order valence-electron chi connectivity index (χ3n) is 4.75. The molecule has 0 aromatic heterocycles. The molecule has 2 aromatic rings. The van der Waals surface area contributed by atoms with E-state index in [9.17, 15) is 8.60 Å². The van der Waals surface area contributed by atoms with Gasteiger partial charge in [-0.05, 0) is 43.2 Å². The molecule has 5 nitrogen and oxygen atoms in total. The highest BCUT2D eigenvalue weighted by Crippen LogP contribution is 2.20. The fourth-order valence-electron chi connectivity index (χ4n) is 3.34. The van der Waals surface area contributed by atoms with E-state index in [1.807, 2.05) is 36.4 Å². The van der Waals surface area contributed by atoms with Crippen LogP contribution < -0.4 is 15.5 Å². The van der Waals surface area contributed by atoms with E-state index in [1.165, 1.54) is 6.07 Å². The van der Waals surface area contributed by atoms with Gasteiger partial charge in [-0.3, -0.25) is 9.20 Å². The van der Waals surface area contributed by atoms with E-state index in [0.29, 0.717) is 18.3 Å². The standard InChI is InChI=1S/C21H27FN4OS/c1-23-21(24-12-14-28(27)20-10-3-2-4-11-20)25-18-8-6-13-26(16-18)19-9-5-7-17(22)15-19/h2-5,7,9-11,15,18H,6,8,12-14,16H2,1H3,(H2,23,24,25). The molecule has 3 rings (SSSR count). The van der Waals surface area contributed by atoms with Gasteiger partial charge in [-0.25, -0.2) is 4.39 Å². The summed E-state index contributed by atoms with van der Waals surface area (Å²) in [5.74, 6) is 1.01. The molecule has 0 radical (unpaired) electrons. The van der Waals surface area contributed by atoms with Crippen molar-refractivity contribution in [2.45, 2.75) is 23.8 Å². The van der Waals surface area contributed by atoms with Gasteiger partial charge in [0, 0.05) is 49.1 Å². The molecule has 1 heterocycles. The molecule has 0 aliphatic carbocycles. The van der Waals surface area contributed by atoms with Gasteiger partial charge in [0.25, 0.3) is 0 Å². The first-order valence-electron chi connectivity index (χ1n) is 9.57. The van der Waals surface area contributed by atoms with Crippen LogP contribution in [0.1, 0.15) is 12.8 Å². The molecule has 1 saturated heterocycles. The number of anilines is 1. The highest BCUT2D eigenvalue weighted by Gasteiger charge is 2.21. The van der Waals surface area contributed by atoms with Crippen LogP contribution >= 0.6 is 0 Å². The highest BCUT2D eigenvalue weighted by molar-refractivity contribution is 7.85. The van der Waals surface area contributed by atoms with Crippen LogP contribution in [0.3, 0.4) is 0 Å². The zero-order chi connectivity index (χ0) is 19.8. The summed E-state index contributed by atoms with van der Waals surface area (Å²) in [6.07, 6.45) is 2.06. The summed E-state index contributed by atoms with van der Waals surface area (Å²) < 4.78 is 25.8. The third kappa shape index (κ3) is 5.79. The maximum atomic E-state index is 13.5. The fourth-order valence-corrected chi connectivity index (χ4v) is 4.33. The molecule has 28 heavy (non-hydrogen) atoms. The predicted octanol–water partition coefficient (Wildman–Crippen LogP) is 2.77. The Labute approximate surface area is 168 Å². The van der Waals surface area contributed by atoms with E-state index in [1.54, 1.807) is 19.2 Å². The maximum Gasteiger partial charge on any atom is 0.191 e. The van der Waals surface area contributed by atoms with E-state index in [4.69, 9.17) is 0 Å². The maximum absolute atomic E-state index is 13.5. The molecule has 2 unspecified atom stereocenters. The number of nitrogens with one attached hydrogen (secondary N) is 2. The van der Waals surface area contributed by atoms with E-state index >= 15 is 0 Å². The van der Waals surface area contributed by atoms with Gasteiger partial charge < -0.3 is 15.5 Å². The zero-order valence-electron chi connectivity index (χ0n) is 16.1. The summed E-state index contributed by atoms with van der Waals surface area (Å²) in [6.45, 7) is 2.28. The Morgan fingerprint density at radius 1 is 1.25 bits per heavy atom. The van der Waals surface area contributed by atoms with Gasteiger partial charge in [-0.15, -0.1) is 0 Å². The summed E-state index contributed by atoms with van der Waals surface area (Å²) in [7, 11) is 0.702. The molecule has 0 amide bonds. The normalized spacial score (nSPS) is 18.6. The smallest absolute Gasteiger partial charge is 0.191 e. The zero-order valence-corrected chi connectivity index (χ0v) is 16.9. The van der Waals surface area contributed by atoms with Gasteiger partial charge in [0.15, 0.2) is 5.96 Å². The number of aliphatic imine (C=N–C) groups is 1. The first kappa shape index (κ1) is 20.3. The van der Waals surface area contributed by atoms with E-state index in [-0.39, 0.29) is 11.9 Å². The van der Waals surface area contributed by atoms with Gasteiger partial charge >= 0.3 is 0 Å². The first-order valence-corrected chi connectivity index (χ1v) is 10.9. The van der Waals surface area contributed by atoms with Crippen molar-refractivity contribution >= 4 is 22.4 Å². The fraction of sp³-hybridized carbons (Fsp3) is 0.381. The third-order valence-corrected chi connectivity index (χ3v) is 6.12. The van der Waals surface area contributed by atoms with Gasteiger partial charge in [-0.2, -0.15) is 0 Å². The molecule has 150 valence electrons. The number of benzene rings is 2. The monoisotopic (exact) mass is 402 g/mol. The van der Waals surface area contributed by atoms with Crippen LogP contribution in [0.25, 0.3) is 0 Å². The molecule has 1 aliphatic heterocycles. The summed E-state index contributed by atoms with van der Waals surface area (Å²) in [6, 6.07) is 16.4. The van der Waals surface area contributed by atoms with Crippen molar-refractivity contribution in [3.63, 3.8) is 0 Å². The molecule has 7 heteroatoms. The van der Waals surface area contributed by atoms with Gasteiger partial charge in [0.05, 0.1) is 10.8 Å². The number of piperidine rings is 1. The molecular weight excluding hydrogens is 375 g/mol. The number of rotatable bonds is 6. The number of hydrogen-bond acceptors (Lipinski definition) is 3. The molecule has 0 saturated carbocycles. The summed E-state index contributed by atoms with van der Waals surface area (Å²) in [5.41, 5.74) is 0.910. The average Bonchev–Trinajstić information content (AvgIpc) is 2.73. The lowest BCUT2D eigenvalue weighted by atomic mass is 10.0. The minimum atomic E-state index is -1.03. The van der Waals surface area contributed by atoms with Gasteiger partial charge in [-0.1, -0.05) is 24.3 Å². The van der Waals surface area contributed by atoms with Crippen LogP contribution in [0.15, 0.2) is 64.5 Å². The van der Waals surface area contributed by atoms with E-state index in [0.717, 1.165) is 36.5 Å². The van der Waals surface area contributed by atoms with Crippen molar-refractivity contribution in [1.82, 2.24) is 10.6 Å². The van der Waals surface area contributed by atoms with Crippen LogP contribution in [0.4, 0.5) is 10.1 Å². The second-order valence-corrected chi connectivity index (χ2v) is 8.34. The van der Waals surface area contributed by atoms with Crippen molar-refractivity contribution in [2.24, 2.45) is 4.99 Å². The second-order valence-electron chi connectivity index (χ2n) is 6.77. The Hall–Kier alpha value is -2.41. The van der Waals surface area contributed by atoms with Crippen LogP contribution in [-0.2, 0) is 10.8 Å². The number of halogens is 1.